The summed E-state index contributed by atoms with van der Waals surface area (Å²) in [5.74, 6) is 0. The molecule has 1 nitrogen and oxygen atoms in total. The number of aliphatic hydroxyl groups is 1. The van der Waals surface area contributed by atoms with Crippen LogP contribution < -0.4 is 0 Å². The molecule has 0 aromatic heterocycles. The van der Waals surface area contributed by atoms with Gasteiger partial charge >= 0.3 is 0 Å². The fourth-order valence-electron chi connectivity index (χ4n) is 0.972. The molecule has 0 aliphatic carbocycles. The van der Waals surface area contributed by atoms with Gasteiger partial charge in [-0.2, -0.15) is 0 Å². The SMILES string of the molecule is CC(O)(c1cc(Cl)cc(Cl)c1)C(F)F. The number of benzene rings is 1. The van der Waals surface area contributed by atoms with E-state index in [1.807, 2.05) is 0 Å². The molecule has 1 rings (SSSR count). The van der Waals surface area contributed by atoms with Gasteiger partial charge in [-0.05, 0) is 30.7 Å². The van der Waals surface area contributed by atoms with Crippen molar-refractivity contribution >= 4 is 23.2 Å². The smallest absolute Gasteiger partial charge is 0.270 e. The van der Waals surface area contributed by atoms with Gasteiger partial charge in [-0.15, -0.1) is 0 Å². The molecule has 0 spiro atoms. The Labute approximate surface area is 90.3 Å². The van der Waals surface area contributed by atoms with Gasteiger partial charge in [-0.25, -0.2) is 8.78 Å². The van der Waals surface area contributed by atoms with E-state index in [-0.39, 0.29) is 15.6 Å². The van der Waals surface area contributed by atoms with Gasteiger partial charge in [0.25, 0.3) is 6.43 Å². The Balaban J connectivity index is 3.18. The Morgan fingerprint density at radius 3 is 2.00 bits per heavy atom. The predicted octanol–water partition coefficient (Wildman–Crippen LogP) is 3.47. The lowest BCUT2D eigenvalue weighted by Crippen LogP contribution is -2.30. The molecule has 0 radical (unpaired) electrons. The molecule has 0 fully saturated rings. The number of alkyl halides is 2. The molecule has 0 amide bonds. The molecule has 1 atom stereocenters. The third kappa shape index (κ3) is 2.35. The summed E-state index contributed by atoms with van der Waals surface area (Å²) in [4.78, 5) is 0. The van der Waals surface area contributed by atoms with Crippen LogP contribution in [-0.2, 0) is 5.60 Å². The highest BCUT2D eigenvalue weighted by Crippen LogP contribution is 2.31. The number of hydrogen-bond acceptors (Lipinski definition) is 1. The van der Waals surface area contributed by atoms with Crippen LogP contribution in [0.25, 0.3) is 0 Å². The maximum Gasteiger partial charge on any atom is 0.270 e. The highest BCUT2D eigenvalue weighted by atomic mass is 35.5. The summed E-state index contributed by atoms with van der Waals surface area (Å²) in [5.41, 5.74) is -2.22. The number of halogens is 4. The van der Waals surface area contributed by atoms with Crippen molar-refractivity contribution in [1.82, 2.24) is 0 Å². The minimum absolute atomic E-state index is 0.00463. The van der Waals surface area contributed by atoms with Gasteiger partial charge in [0, 0.05) is 10.0 Å². The van der Waals surface area contributed by atoms with Gasteiger partial charge in [0.05, 0.1) is 0 Å². The summed E-state index contributed by atoms with van der Waals surface area (Å²) in [6.07, 6.45) is -2.89. The van der Waals surface area contributed by atoms with Crippen molar-refractivity contribution in [2.75, 3.05) is 0 Å². The van der Waals surface area contributed by atoms with Gasteiger partial charge in [0.15, 0.2) is 0 Å². The highest BCUT2D eigenvalue weighted by molar-refractivity contribution is 6.34. The highest BCUT2D eigenvalue weighted by Gasteiger charge is 2.34. The van der Waals surface area contributed by atoms with Gasteiger partial charge in [-0.3, -0.25) is 0 Å². The summed E-state index contributed by atoms with van der Waals surface area (Å²) in [5, 5.41) is 9.88. The van der Waals surface area contributed by atoms with E-state index in [1.54, 1.807) is 0 Å². The molecule has 1 N–H and O–H groups in total. The molecule has 78 valence electrons. The van der Waals surface area contributed by atoms with E-state index in [2.05, 4.69) is 0 Å². The van der Waals surface area contributed by atoms with Crippen molar-refractivity contribution in [1.29, 1.82) is 0 Å². The largest absolute Gasteiger partial charge is 0.379 e. The van der Waals surface area contributed by atoms with E-state index in [4.69, 9.17) is 23.2 Å². The molecule has 1 unspecified atom stereocenters. The minimum atomic E-state index is -2.89. The zero-order chi connectivity index (χ0) is 10.9. The first kappa shape index (κ1) is 11.7. The second kappa shape index (κ2) is 4.01. The summed E-state index contributed by atoms with van der Waals surface area (Å²) in [6.45, 7) is 1.01. The second-order valence-electron chi connectivity index (χ2n) is 3.11. The molecule has 0 saturated heterocycles. The Morgan fingerprint density at radius 2 is 1.64 bits per heavy atom. The number of hydrogen-bond donors (Lipinski definition) is 1. The minimum Gasteiger partial charge on any atom is -0.379 e. The molecule has 14 heavy (non-hydrogen) atoms. The predicted molar refractivity (Wildman–Crippen MR) is 52.0 cm³/mol. The van der Waals surface area contributed by atoms with Crippen LogP contribution in [0.5, 0.6) is 0 Å². The summed E-state index contributed by atoms with van der Waals surface area (Å²) >= 11 is 11.2. The van der Waals surface area contributed by atoms with Crippen molar-refractivity contribution in [2.45, 2.75) is 19.0 Å². The molecule has 0 aliphatic rings. The standard InChI is InChI=1S/C9H8Cl2F2O/c1-9(14,8(12)13)5-2-6(10)4-7(11)3-5/h2-4,8,14H,1H3. The fourth-order valence-corrected chi connectivity index (χ4v) is 1.50. The van der Waals surface area contributed by atoms with Crippen LogP contribution >= 0.6 is 23.2 Å². The first-order valence-electron chi connectivity index (χ1n) is 3.81. The lowest BCUT2D eigenvalue weighted by molar-refractivity contribution is -0.0883. The Kier molecular flexibility index (Phi) is 3.35. The summed E-state index contributed by atoms with van der Waals surface area (Å²) < 4.78 is 24.9. The molecule has 0 aliphatic heterocycles. The third-order valence-corrected chi connectivity index (χ3v) is 2.31. The second-order valence-corrected chi connectivity index (χ2v) is 3.98. The van der Waals surface area contributed by atoms with Crippen molar-refractivity contribution in [2.24, 2.45) is 0 Å². The maximum absolute atomic E-state index is 12.4. The lowest BCUT2D eigenvalue weighted by Gasteiger charge is -2.22. The Bertz CT molecular complexity index is 319. The zero-order valence-electron chi connectivity index (χ0n) is 7.27. The summed E-state index contributed by atoms with van der Waals surface area (Å²) in [7, 11) is 0. The van der Waals surface area contributed by atoms with E-state index in [1.165, 1.54) is 18.2 Å². The molecular formula is C9H8Cl2F2O. The molecular weight excluding hydrogens is 233 g/mol. The average Bonchev–Trinajstić information content (AvgIpc) is 2.01. The van der Waals surface area contributed by atoms with Crippen LogP contribution in [0.2, 0.25) is 10.0 Å². The van der Waals surface area contributed by atoms with Gasteiger partial charge < -0.3 is 5.11 Å². The molecule has 1 aromatic carbocycles. The number of rotatable bonds is 2. The first-order valence-corrected chi connectivity index (χ1v) is 4.56. The monoisotopic (exact) mass is 240 g/mol. The average molecular weight is 241 g/mol. The van der Waals surface area contributed by atoms with Crippen molar-refractivity contribution < 1.29 is 13.9 Å². The van der Waals surface area contributed by atoms with Crippen LogP contribution in [0.15, 0.2) is 18.2 Å². The van der Waals surface area contributed by atoms with Crippen LogP contribution in [0.4, 0.5) is 8.78 Å². The van der Waals surface area contributed by atoms with Crippen LogP contribution in [0.3, 0.4) is 0 Å². The Morgan fingerprint density at radius 1 is 1.21 bits per heavy atom. The third-order valence-electron chi connectivity index (χ3n) is 1.87. The van der Waals surface area contributed by atoms with Gasteiger partial charge in [0.2, 0.25) is 0 Å². The van der Waals surface area contributed by atoms with Crippen LogP contribution in [-0.4, -0.2) is 11.5 Å². The first-order chi connectivity index (χ1) is 6.34. The maximum atomic E-state index is 12.4. The zero-order valence-corrected chi connectivity index (χ0v) is 8.78. The normalized spacial score (nSPS) is 15.6. The Hall–Kier alpha value is -0.380. The van der Waals surface area contributed by atoms with Crippen LogP contribution in [0.1, 0.15) is 12.5 Å². The molecule has 0 heterocycles. The van der Waals surface area contributed by atoms with Crippen LogP contribution in [0, 0.1) is 0 Å². The van der Waals surface area contributed by atoms with E-state index >= 15 is 0 Å². The molecule has 0 bridgehead atoms. The van der Waals surface area contributed by atoms with E-state index in [9.17, 15) is 13.9 Å². The van der Waals surface area contributed by atoms with Crippen molar-refractivity contribution in [3.8, 4) is 0 Å². The van der Waals surface area contributed by atoms with Crippen molar-refractivity contribution in [3.05, 3.63) is 33.8 Å². The lowest BCUT2D eigenvalue weighted by atomic mass is 9.97. The molecule has 1 aromatic rings. The molecule has 5 heteroatoms. The van der Waals surface area contributed by atoms with Crippen molar-refractivity contribution in [3.63, 3.8) is 0 Å². The summed E-state index contributed by atoms with van der Waals surface area (Å²) in [6, 6.07) is 3.94. The van der Waals surface area contributed by atoms with E-state index in [0.29, 0.717) is 0 Å². The molecule has 0 saturated carbocycles. The van der Waals surface area contributed by atoms with E-state index in [0.717, 1.165) is 6.92 Å². The van der Waals surface area contributed by atoms with E-state index < -0.39 is 12.0 Å². The fraction of sp³-hybridized carbons (Fsp3) is 0.333. The topological polar surface area (TPSA) is 20.2 Å². The quantitative estimate of drug-likeness (QED) is 0.840. The van der Waals surface area contributed by atoms with Gasteiger partial charge in [-0.1, -0.05) is 23.2 Å². The van der Waals surface area contributed by atoms with Gasteiger partial charge in [0.1, 0.15) is 5.60 Å².